The zero-order valence-electron chi connectivity index (χ0n) is 16.4. The molecule has 150 valence electrons. The van der Waals surface area contributed by atoms with Gasteiger partial charge in [0, 0.05) is 32.7 Å². The number of amides is 2. The second-order valence-corrected chi connectivity index (χ2v) is 9.65. The van der Waals surface area contributed by atoms with E-state index in [1.807, 2.05) is 13.8 Å². The molecule has 1 heterocycles. The van der Waals surface area contributed by atoms with E-state index in [1.165, 1.54) is 38.4 Å². The van der Waals surface area contributed by atoms with E-state index in [4.69, 9.17) is 0 Å². The third-order valence-electron chi connectivity index (χ3n) is 4.62. The highest BCUT2D eigenvalue weighted by molar-refractivity contribution is 7.89. The summed E-state index contributed by atoms with van der Waals surface area (Å²) in [7, 11) is -0.632. The van der Waals surface area contributed by atoms with Crippen LogP contribution in [0, 0.1) is 5.92 Å². The minimum atomic E-state index is -3.54. The smallest absolute Gasteiger partial charge is 0.251 e. The van der Waals surface area contributed by atoms with Crippen LogP contribution in [-0.4, -0.2) is 62.7 Å². The van der Waals surface area contributed by atoms with E-state index in [-0.39, 0.29) is 22.6 Å². The van der Waals surface area contributed by atoms with Crippen molar-refractivity contribution < 1.29 is 18.0 Å². The summed E-state index contributed by atoms with van der Waals surface area (Å²) in [4.78, 5) is 27.3. The van der Waals surface area contributed by atoms with Gasteiger partial charge in [-0.05, 0) is 49.4 Å². The molecule has 1 aromatic rings. The van der Waals surface area contributed by atoms with E-state index >= 15 is 0 Å². The van der Waals surface area contributed by atoms with Gasteiger partial charge in [-0.25, -0.2) is 12.7 Å². The lowest BCUT2D eigenvalue weighted by Crippen LogP contribution is -2.48. The molecular weight excluding hydrogens is 366 g/mol. The standard InChI is InChI=1S/C19H29N3O4S/c1-14(2)13-17(19(24)22-11-5-6-12-22)20-18(23)15-7-9-16(10-8-15)27(25,26)21(3)4/h7-10,14,17H,5-6,11-13H2,1-4H3,(H,20,23)/t17-/m0/s1. The molecule has 0 aliphatic carbocycles. The Morgan fingerprint density at radius 1 is 1.11 bits per heavy atom. The number of hydrogen-bond donors (Lipinski definition) is 1. The van der Waals surface area contributed by atoms with Gasteiger partial charge >= 0.3 is 0 Å². The fourth-order valence-corrected chi connectivity index (χ4v) is 3.98. The van der Waals surface area contributed by atoms with Crippen LogP contribution < -0.4 is 5.32 Å². The average Bonchev–Trinajstić information content (AvgIpc) is 3.14. The first-order valence-electron chi connectivity index (χ1n) is 9.25. The Balaban J connectivity index is 2.13. The summed E-state index contributed by atoms with van der Waals surface area (Å²) in [6.45, 7) is 5.50. The first-order chi connectivity index (χ1) is 12.6. The van der Waals surface area contributed by atoms with Crippen molar-refractivity contribution in [2.75, 3.05) is 27.2 Å². The van der Waals surface area contributed by atoms with E-state index in [0.717, 1.165) is 30.2 Å². The summed E-state index contributed by atoms with van der Waals surface area (Å²) < 4.78 is 25.4. The lowest BCUT2D eigenvalue weighted by molar-refractivity contribution is -0.132. The number of benzene rings is 1. The summed E-state index contributed by atoms with van der Waals surface area (Å²) in [5, 5.41) is 2.83. The van der Waals surface area contributed by atoms with Gasteiger partial charge in [-0.2, -0.15) is 0 Å². The Labute approximate surface area is 161 Å². The number of sulfonamides is 1. The number of carbonyl (C=O) groups excluding carboxylic acids is 2. The second kappa shape index (κ2) is 8.84. The number of nitrogens with zero attached hydrogens (tertiary/aromatic N) is 2. The van der Waals surface area contributed by atoms with E-state index in [0.29, 0.717) is 12.0 Å². The maximum atomic E-state index is 12.7. The molecular formula is C19H29N3O4S. The molecule has 0 spiro atoms. The quantitative estimate of drug-likeness (QED) is 0.761. The van der Waals surface area contributed by atoms with Crippen molar-refractivity contribution in [3.05, 3.63) is 29.8 Å². The van der Waals surface area contributed by atoms with Crippen LogP contribution >= 0.6 is 0 Å². The van der Waals surface area contributed by atoms with Gasteiger partial charge < -0.3 is 10.2 Å². The highest BCUT2D eigenvalue weighted by Gasteiger charge is 2.28. The average molecular weight is 396 g/mol. The molecule has 0 bridgehead atoms. The largest absolute Gasteiger partial charge is 0.341 e. The Morgan fingerprint density at radius 2 is 1.67 bits per heavy atom. The van der Waals surface area contributed by atoms with Gasteiger partial charge in [0.05, 0.1) is 4.90 Å². The van der Waals surface area contributed by atoms with Crippen LogP contribution in [0.2, 0.25) is 0 Å². The normalized spacial score (nSPS) is 16.0. The second-order valence-electron chi connectivity index (χ2n) is 7.50. The number of nitrogens with one attached hydrogen (secondary N) is 1. The summed E-state index contributed by atoms with van der Waals surface area (Å²) in [5.41, 5.74) is 0.329. The minimum Gasteiger partial charge on any atom is -0.341 e. The number of carbonyl (C=O) groups is 2. The van der Waals surface area contributed by atoms with Crippen LogP contribution in [0.1, 0.15) is 43.5 Å². The van der Waals surface area contributed by atoms with Crippen molar-refractivity contribution in [2.24, 2.45) is 5.92 Å². The molecule has 0 aromatic heterocycles. The van der Waals surface area contributed by atoms with E-state index in [9.17, 15) is 18.0 Å². The van der Waals surface area contributed by atoms with Gasteiger partial charge in [-0.15, -0.1) is 0 Å². The molecule has 1 atom stereocenters. The molecule has 1 saturated heterocycles. The molecule has 1 aliphatic rings. The fourth-order valence-electron chi connectivity index (χ4n) is 3.08. The Morgan fingerprint density at radius 3 is 2.15 bits per heavy atom. The molecule has 0 unspecified atom stereocenters. The van der Waals surface area contributed by atoms with Crippen molar-refractivity contribution in [1.29, 1.82) is 0 Å². The first-order valence-corrected chi connectivity index (χ1v) is 10.7. The molecule has 2 rings (SSSR count). The van der Waals surface area contributed by atoms with Crippen LogP contribution in [0.4, 0.5) is 0 Å². The summed E-state index contributed by atoms with van der Waals surface area (Å²) >= 11 is 0. The van der Waals surface area contributed by atoms with Gasteiger partial charge in [-0.3, -0.25) is 9.59 Å². The van der Waals surface area contributed by atoms with Crippen LogP contribution in [0.3, 0.4) is 0 Å². The first kappa shape index (κ1) is 21.4. The number of rotatable bonds is 7. The van der Waals surface area contributed by atoms with Crippen LogP contribution in [0.5, 0.6) is 0 Å². The summed E-state index contributed by atoms with van der Waals surface area (Å²) in [6, 6.07) is 5.19. The third-order valence-corrected chi connectivity index (χ3v) is 6.45. The topological polar surface area (TPSA) is 86.8 Å². The van der Waals surface area contributed by atoms with Crippen molar-refractivity contribution >= 4 is 21.8 Å². The van der Waals surface area contributed by atoms with Gasteiger partial charge in [0.2, 0.25) is 15.9 Å². The van der Waals surface area contributed by atoms with Crippen LogP contribution in [0.25, 0.3) is 0 Å². The Bertz CT molecular complexity index is 767. The SMILES string of the molecule is CC(C)C[C@H](NC(=O)c1ccc(S(=O)(=O)N(C)C)cc1)C(=O)N1CCCC1. The van der Waals surface area contributed by atoms with Gasteiger partial charge in [0.1, 0.15) is 6.04 Å². The third kappa shape index (κ3) is 5.29. The summed E-state index contributed by atoms with van der Waals surface area (Å²) in [6.07, 6.45) is 2.56. The molecule has 0 radical (unpaired) electrons. The van der Waals surface area contributed by atoms with E-state index in [1.54, 1.807) is 4.90 Å². The van der Waals surface area contributed by atoms with Gasteiger partial charge in [0.25, 0.3) is 5.91 Å². The summed E-state index contributed by atoms with van der Waals surface area (Å²) in [5.74, 6) is -0.155. The molecule has 27 heavy (non-hydrogen) atoms. The van der Waals surface area contributed by atoms with Crippen molar-refractivity contribution in [1.82, 2.24) is 14.5 Å². The van der Waals surface area contributed by atoms with Crippen LogP contribution in [-0.2, 0) is 14.8 Å². The van der Waals surface area contributed by atoms with Crippen LogP contribution in [0.15, 0.2) is 29.2 Å². The monoisotopic (exact) mass is 395 g/mol. The maximum absolute atomic E-state index is 12.7. The van der Waals surface area contributed by atoms with Crippen molar-refractivity contribution in [3.8, 4) is 0 Å². The molecule has 1 aliphatic heterocycles. The molecule has 7 nitrogen and oxygen atoms in total. The Kier molecular flexibility index (Phi) is 7.00. The predicted molar refractivity (Wildman–Crippen MR) is 104 cm³/mol. The highest BCUT2D eigenvalue weighted by Crippen LogP contribution is 2.16. The van der Waals surface area contributed by atoms with E-state index in [2.05, 4.69) is 5.32 Å². The van der Waals surface area contributed by atoms with Gasteiger partial charge in [-0.1, -0.05) is 13.8 Å². The molecule has 1 fully saturated rings. The van der Waals surface area contributed by atoms with Gasteiger partial charge in [0.15, 0.2) is 0 Å². The van der Waals surface area contributed by atoms with Crippen molar-refractivity contribution in [3.63, 3.8) is 0 Å². The zero-order chi connectivity index (χ0) is 20.2. The molecule has 2 amide bonds. The Hall–Kier alpha value is -1.93. The fraction of sp³-hybridized carbons (Fsp3) is 0.579. The highest BCUT2D eigenvalue weighted by atomic mass is 32.2. The molecule has 8 heteroatoms. The molecule has 1 N–H and O–H groups in total. The predicted octanol–water partition coefficient (Wildman–Crippen LogP) is 1.70. The zero-order valence-corrected chi connectivity index (χ0v) is 17.3. The minimum absolute atomic E-state index is 0.0404. The lowest BCUT2D eigenvalue weighted by atomic mass is 10.0. The molecule has 1 aromatic carbocycles. The number of hydrogen-bond acceptors (Lipinski definition) is 4. The lowest BCUT2D eigenvalue weighted by Gasteiger charge is -2.25. The van der Waals surface area contributed by atoms with Crippen molar-refractivity contribution in [2.45, 2.75) is 44.0 Å². The number of likely N-dealkylation sites (tertiary alicyclic amines) is 1. The van der Waals surface area contributed by atoms with E-state index < -0.39 is 16.1 Å². The molecule has 0 saturated carbocycles. The maximum Gasteiger partial charge on any atom is 0.251 e.